The van der Waals surface area contributed by atoms with Crippen LogP contribution in [0.1, 0.15) is 38.7 Å². The topological polar surface area (TPSA) is 97.2 Å². The van der Waals surface area contributed by atoms with Crippen molar-refractivity contribution in [1.29, 1.82) is 0 Å². The number of imidazole rings is 1. The van der Waals surface area contributed by atoms with Crippen LogP contribution in [0.4, 0.5) is 0 Å². The Kier molecular flexibility index (Phi) is 7.40. The molecule has 0 radical (unpaired) electrons. The second-order valence-electron chi connectivity index (χ2n) is 7.11. The van der Waals surface area contributed by atoms with Gasteiger partial charge in [-0.1, -0.05) is 19.9 Å². The lowest BCUT2D eigenvalue weighted by atomic mass is 10.2. The smallest absolute Gasteiger partial charge is 0.243 e. The van der Waals surface area contributed by atoms with E-state index in [1.165, 1.54) is 4.31 Å². The Morgan fingerprint density at radius 1 is 1.13 bits per heavy atom. The van der Waals surface area contributed by atoms with Gasteiger partial charge in [0.1, 0.15) is 5.82 Å². The minimum atomic E-state index is -3.55. The predicted molar refractivity (Wildman–Crippen MR) is 120 cm³/mol. The zero-order valence-corrected chi connectivity index (χ0v) is 19.0. The molecule has 2 aromatic heterocycles. The van der Waals surface area contributed by atoms with Gasteiger partial charge in [-0.05, 0) is 37.3 Å². The number of pyridine rings is 1. The molecule has 9 heteroatoms. The second-order valence-corrected chi connectivity index (χ2v) is 9.05. The van der Waals surface area contributed by atoms with Gasteiger partial charge in [0, 0.05) is 38.7 Å². The van der Waals surface area contributed by atoms with Gasteiger partial charge in [-0.15, -0.1) is 0 Å². The zero-order chi connectivity index (χ0) is 22.4. The molecule has 0 spiro atoms. The Bertz CT molecular complexity index is 1140. The van der Waals surface area contributed by atoms with E-state index in [4.69, 9.17) is 0 Å². The Hall–Kier alpha value is -2.78. The van der Waals surface area contributed by atoms with Crippen LogP contribution in [-0.2, 0) is 34.3 Å². The van der Waals surface area contributed by atoms with Gasteiger partial charge in [0.25, 0.3) is 0 Å². The Morgan fingerprint density at radius 3 is 2.55 bits per heavy atom. The number of aromatic nitrogens is 3. The fraction of sp³-hybridized carbons (Fsp3) is 0.409. The van der Waals surface area contributed by atoms with Crippen LogP contribution < -0.4 is 5.32 Å². The van der Waals surface area contributed by atoms with Crippen LogP contribution >= 0.6 is 0 Å². The lowest BCUT2D eigenvalue weighted by Crippen LogP contribution is -2.30. The molecule has 31 heavy (non-hydrogen) atoms. The van der Waals surface area contributed by atoms with E-state index in [-0.39, 0.29) is 10.8 Å². The van der Waals surface area contributed by atoms with Crippen LogP contribution in [0.25, 0.3) is 11.0 Å². The van der Waals surface area contributed by atoms with E-state index in [1.807, 2.05) is 43.5 Å². The normalized spacial score (nSPS) is 11.9. The van der Waals surface area contributed by atoms with E-state index in [9.17, 15) is 13.2 Å². The van der Waals surface area contributed by atoms with Crippen molar-refractivity contribution < 1.29 is 13.2 Å². The van der Waals surface area contributed by atoms with Crippen molar-refractivity contribution in [2.45, 2.75) is 51.6 Å². The molecule has 0 fully saturated rings. The molecule has 0 atom stereocenters. The third-order valence-corrected chi connectivity index (χ3v) is 7.27. The van der Waals surface area contributed by atoms with E-state index >= 15 is 0 Å². The number of hydrogen-bond donors (Lipinski definition) is 1. The summed E-state index contributed by atoms with van der Waals surface area (Å²) in [7, 11) is -3.55. The number of rotatable bonds is 10. The monoisotopic (exact) mass is 443 g/mol. The number of sulfonamides is 1. The maximum Gasteiger partial charge on any atom is 0.243 e. The van der Waals surface area contributed by atoms with E-state index in [2.05, 4.69) is 15.3 Å². The summed E-state index contributed by atoms with van der Waals surface area (Å²) in [6.07, 6.45) is 2.45. The first-order valence-corrected chi connectivity index (χ1v) is 12.0. The van der Waals surface area contributed by atoms with Crippen molar-refractivity contribution in [2.24, 2.45) is 0 Å². The molecule has 0 aliphatic carbocycles. The summed E-state index contributed by atoms with van der Waals surface area (Å²) in [5.41, 5.74) is 2.29. The van der Waals surface area contributed by atoms with E-state index < -0.39 is 10.0 Å². The van der Waals surface area contributed by atoms with Crippen molar-refractivity contribution in [3.63, 3.8) is 0 Å². The molecule has 0 saturated heterocycles. The predicted octanol–water partition coefficient (Wildman–Crippen LogP) is 2.73. The Labute approximate surface area is 183 Å². The summed E-state index contributed by atoms with van der Waals surface area (Å²) >= 11 is 0. The molecular weight excluding hydrogens is 414 g/mol. The molecule has 2 heterocycles. The largest absolute Gasteiger partial charge is 0.350 e. The van der Waals surface area contributed by atoms with Gasteiger partial charge in [0.2, 0.25) is 15.9 Å². The lowest BCUT2D eigenvalue weighted by Gasteiger charge is -2.18. The van der Waals surface area contributed by atoms with Crippen molar-refractivity contribution in [2.75, 3.05) is 13.1 Å². The Morgan fingerprint density at radius 2 is 1.90 bits per heavy atom. The molecular formula is C22H29N5O3S. The quantitative estimate of drug-likeness (QED) is 0.520. The SMILES string of the molecule is CCN(CC)S(=O)(=O)c1ccc2c(c1)nc(CCC(=O)NCc1ccccn1)n2CC. The first kappa shape index (κ1) is 22.9. The van der Waals surface area contributed by atoms with Gasteiger partial charge in [0.05, 0.1) is 28.2 Å². The fourth-order valence-electron chi connectivity index (χ4n) is 3.58. The van der Waals surface area contributed by atoms with Crippen molar-refractivity contribution in [3.05, 3.63) is 54.1 Å². The van der Waals surface area contributed by atoms with Crippen LogP contribution in [0.5, 0.6) is 0 Å². The second kappa shape index (κ2) is 10.0. The van der Waals surface area contributed by atoms with E-state index in [1.54, 1.807) is 24.4 Å². The van der Waals surface area contributed by atoms with Gasteiger partial charge in [-0.3, -0.25) is 9.78 Å². The summed E-state index contributed by atoms with van der Waals surface area (Å²) in [4.78, 5) is 21.4. The van der Waals surface area contributed by atoms with Crippen LogP contribution in [0, 0.1) is 0 Å². The molecule has 0 bridgehead atoms. The standard InChI is InChI=1S/C22H29N5O3S/c1-4-26(5-2)31(29,30)18-10-11-20-19(15-18)25-21(27(20)6-3)12-13-22(28)24-16-17-9-7-8-14-23-17/h7-11,14-15H,4-6,12-13,16H2,1-3H3,(H,24,28). The molecule has 0 aliphatic heterocycles. The number of fused-ring (bicyclic) bond motifs is 1. The summed E-state index contributed by atoms with van der Waals surface area (Å²) in [5, 5.41) is 2.87. The average molecular weight is 444 g/mol. The molecule has 3 rings (SSSR count). The minimum absolute atomic E-state index is 0.0786. The highest BCUT2D eigenvalue weighted by Crippen LogP contribution is 2.23. The van der Waals surface area contributed by atoms with Gasteiger partial charge in [-0.25, -0.2) is 13.4 Å². The van der Waals surface area contributed by atoms with Crippen LogP contribution in [-0.4, -0.2) is 46.3 Å². The number of carbonyl (C=O) groups excluding carboxylic acids is 1. The van der Waals surface area contributed by atoms with Gasteiger partial charge >= 0.3 is 0 Å². The van der Waals surface area contributed by atoms with Crippen LogP contribution in [0.3, 0.4) is 0 Å². The summed E-state index contributed by atoms with van der Waals surface area (Å²) in [6.45, 7) is 7.55. The summed E-state index contributed by atoms with van der Waals surface area (Å²) in [5.74, 6) is 0.688. The van der Waals surface area contributed by atoms with Crippen LogP contribution in [0.2, 0.25) is 0 Å². The highest BCUT2D eigenvalue weighted by Gasteiger charge is 2.23. The Balaban J connectivity index is 1.76. The van der Waals surface area contributed by atoms with Crippen molar-refractivity contribution >= 4 is 27.0 Å². The maximum absolute atomic E-state index is 12.8. The molecule has 1 N–H and O–H groups in total. The van der Waals surface area contributed by atoms with E-state index in [0.717, 1.165) is 17.0 Å². The van der Waals surface area contributed by atoms with E-state index in [0.29, 0.717) is 44.5 Å². The number of nitrogens with zero attached hydrogens (tertiary/aromatic N) is 4. The van der Waals surface area contributed by atoms with Gasteiger partial charge < -0.3 is 9.88 Å². The van der Waals surface area contributed by atoms with Crippen molar-refractivity contribution in [1.82, 2.24) is 24.2 Å². The summed E-state index contributed by atoms with van der Waals surface area (Å²) in [6, 6.07) is 10.6. The number of benzene rings is 1. The lowest BCUT2D eigenvalue weighted by molar-refractivity contribution is -0.121. The first-order valence-electron chi connectivity index (χ1n) is 10.6. The highest BCUT2D eigenvalue weighted by molar-refractivity contribution is 7.89. The highest BCUT2D eigenvalue weighted by atomic mass is 32.2. The molecule has 1 amide bonds. The number of amides is 1. The molecule has 1 aromatic carbocycles. The minimum Gasteiger partial charge on any atom is -0.350 e. The summed E-state index contributed by atoms with van der Waals surface area (Å²) < 4.78 is 29.1. The van der Waals surface area contributed by atoms with Gasteiger partial charge in [0.15, 0.2) is 0 Å². The number of carbonyl (C=O) groups is 1. The zero-order valence-electron chi connectivity index (χ0n) is 18.2. The van der Waals surface area contributed by atoms with Crippen molar-refractivity contribution in [3.8, 4) is 0 Å². The molecule has 166 valence electrons. The average Bonchev–Trinajstić information content (AvgIpc) is 3.14. The number of aryl methyl sites for hydroxylation is 2. The van der Waals surface area contributed by atoms with Gasteiger partial charge in [-0.2, -0.15) is 4.31 Å². The third-order valence-electron chi connectivity index (χ3n) is 5.23. The molecule has 3 aromatic rings. The first-order chi connectivity index (χ1) is 14.9. The molecule has 0 unspecified atom stereocenters. The third kappa shape index (κ3) is 5.11. The fourth-order valence-corrected chi connectivity index (χ4v) is 5.06. The molecule has 8 nitrogen and oxygen atoms in total. The van der Waals surface area contributed by atoms with Crippen LogP contribution in [0.15, 0.2) is 47.5 Å². The number of nitrogens with one attached hydrogen (secondary N) is 1. The number of hydrogen-bond acceptors (Lipinski definition) is 5. The maximum atomic E-state index is 12.8. The molecule has 0 aliphatic rings. The molecule has 0 saturated carbocycles.